The Morgan fingerprint density at radius 3 is 2.60 bits per heavy atom. The maximum absolute atomic E-state index is 4.14. The summed E-state index contributed by atoms with van der Waals surface area (Å²) in [7, 11) is 0. The summed E-state index contributed by atoms with van der Waals surface area (Å²) < 4.78 is 1.89. The Balaban J connectivity index is 2.57. The highest BCUT2D eigenvalue weighted by Gasteiger charge is 2.24. The predicted octanol–water partition coefficient (Wildman–Crippen LogP) is 1.69. The van der Waals surface area contributed by atoms with Crippen molar-refractivity contribution in [3.8, 4) is 0 Å². The number of hydrogen-bond acceptors (Lipinski definition) is 3. The number of hydrogen-bond donors (Lipinski definition) is 1. The molecule has 1 atom stereocenters. The third kappa shape index (κ3) is 4.00. The first kappa shape index (κ1) is 12.2. The van der Waals surface area contributed by atoms with Crippen LogP contribution in [0.25, 0.3) is 0 Å². The van der Waals surface area contributed by atoms with Gasteiger partial charge in [-0.3, -0.25) is 4.68 Å². The predicted molar refractivity (Wildman–Crippen MR) is 61.6 cm³/mol. The molecule has 0 fully saturated rings. The largest absolute Gasteiger partial charge is 0.312 e. The lowest BCUT2D eigenvalue weighted by molar-refractivity contribution is 0.236. The molecule has 0 aliphatic carbocycles. The molecule has 1 aromatic heterocycles. The van der Waals surface area contributed by atoms with Crippen LogP contribution in [0, 0.1) is 5.41 Å². The van der Waals surface area contributed by atoms with Crippen molar-refractivity contribution in [3.63, 3.8) is 0 Å². The van der Waals surface area contributed by atoms with E-state index in [2.05, 4.69) is 43.1 Å². The van der Waals surface area contributed by atoms with Crippen LogP contribution in [-0.4, -0.2) is 27.4 Å². The summed E-state index contributed by atoms with van der Waals surface area (Å²) in [4.78, 5) is 3.96. The highest BCUT2D eigenvalue weighted by molar-refractivity contribution is 4.80. The molecular formula is C11H22N4. The van der Waals surface area contributed by atoms with E-state index in [1.165, 1.54) is 0 Å². The van der Waals surface area contributed by atoms with Crippen molar-refractivity contribution in [2.45, 2.75) is 46.7 Å². The van der Waals surface area contributed by atoms with E-state index in [1.54, 1.807) is 12.7 Å². The van der Waals surface area contributed by atoms with Crippen LogP contribution in [0.1, 0.15) is 34.1 Å². The Kier molecular flexibility index (Phi) is 4.27. The zero-order valence-corrected chi connectivity index (χ0v) is 10.2. The highest BCUT2D eigenvalue weighted by atomic mass is 15.3. The number of rotatable bonds is 5. The Bertz CT molecular complexity index is 261. The molecule has 0 aliphatic rings. The van der Waals surface area contributed by atoms with Crippen LogP contribution < -0.4 is 5.32 Å². The van der Waals surface area contributed by atoms with Crippen molar-refractivity contribution in [1.82, 2.24) is 20.1 Å². The van der Waals surface area contributed by atoms with Crippen molar-refractivity contribution in [2.75, 3.05) is 6.54 Å². The Morgan fingerprint density at radius 1 is 1.40 bits per heavy atom. The maximum Gasteiger partial charge on any atom is 0.137 e. The van der Waals surface area contributed by atoms with Gasteiger partial charge in [0.1, 0.15) is 12.7 Å². The minimum atomic E-state index is 0.237. The van der Waals surface area contributed by atoms with Gasteiger partial charge in [-0.15, -0.1) is 0 Å². The minimum Gasteiger partial charge on any atom is -0.312 e. The van der Waals surface area contributed by atoms with Gasteiger partial charge < -0.3 is 5.32 Å². The van der Waals surface area contributed by atoms with Gasteiger partial charge in [0.25, 0.3) is 0 Å². The molecule has 1 rings (SSSR count). The molecule has 1 N–H and O–H groups in total. The molecule has 86 valence electrons. The first-order valence-corrected chi connectivity index (χ1v) is 5.60. The lowest BCUT2D eigenvalue weighted by Crippen LogP contribution is -2.43. The molecule has 4 heteroatoms. The van der Waals surface area contributed by atoms with E-state index in [0.717, 1.165) is 19.5 Å². The zero-order valence-electron chi connectivity index (χ0n) is 10.2. The smallest absolute Gasteiger partial charge is 0.137 e. The molecule has 0 radical (unpaired) electrons. The monoisotopic (exact) mass is 210 g/mol. The second-order valence-electron chi connectivity index (χ2n) is 4.99. The fourth-order valence-electron chi connectivity index (χ4n) is 1.48. The fourth-order valence-corrected chi connectivity index (χ4v) is 1.48. The molecular weight excluding hydrogens is 188 g/mol. The van der Waals surface area contributed by atoms with Crippen molar-refractivity contribution in [3.05, 3.63) is 12.7 Å². The van der Waals surface area contributed by atoms with Crippen LogP contribution in [0.2, 0.25) is 0 Å². The standard InChI is InChI=1S/C11H22N4/c1-5-6-13-10(11(2,3)4)7-15-9-12-8-14-15/h8-10,13H,5-7H2,1-4H3. The molecule has 1 heterocycles. The molecule has 15 heavy (non-hydrogen) atoms. The van der Waals surface area contributed by atoms with Crippen LogP contribution in [0.5, 0.6) is 0 Å². The molecule has 0 amide bonds. The topological polar surface area (TPSA) is 42.7 Å². The average molecular weight is 210 g/mol. The molecule has 0 aliphatic heterocycles. The Hall–Kier alpha value is -0.900. The van der Waals surface area contributed by atoms with E-state index >= 15 is 0 Å². The molecule has 0 spiro atoms. The quantitative estimate of drug-likeness (QED) is 0.804. The van der Waals surface area contributed by atoms with Crippen LogP contribution in [-0.2, 0) is 6.54 Å². The van der Waals surface area contributed by atoms with E-state index in [9.17, 15) is 0 Å². The first-order valence-electron chi connectivity index (χ1n) is 5.60. The van der Waals surface area contributed by atoms with Gasteiger partial charge in [-0.05, 0) is 18.4 Å². The minimum absolute atomic E-state index is 0.237. The summed E-state index contributed by atoms with van der Waals surface area (Å²) in [6.07, 6.45) is 4.51. The van der Waals surface area contributed by atoms with Crippen molar-refractivity contribution in [1.29, 1.82) is 0 Å². The van der Waals surface area contributed by atoms with Gasteiger partial charge in [0, 0.05) is 6.04 Å². The number of nitrogens with one attached hydrogen (secondary N) is 1. The molecule has 0 bridgehead atoms. The van der Waals surface area contributed by atoms with E-state index < -0.39 is 0 Å². The third-order valence-electron chi connectivity index (χ3n) is 2.52. The Labute approximate surface area is 92.1 Å². The molecule has 1 aromatic rings. The van der Waals surface area contributed by atoms with E-state index in [-0.39, 0.29) is 5.41 Å². The molecule has 0 saturated carbocycles. The van der Waals surface area contributed by atoms with E-state index in [1.807, 2.05) is 4.68 Å². The van der Waals surface area contributed by atoms with Gasteiger partial charge in [-0.25, -0.2) is 4.98 Å². The zero-order chi connectivity index (χ0) is 11.3. The van der Waals surface area contributed by atoms with Crippen LogP contribution in [0.3, 0.4) is 0 Å². The van der Waals surface area contributed by atoms with Gasteiger partial charge in [0.05, 0.1) is 6.54 Å². The SMILES string of the molecule is CCCNC(Cn1cncn1)C(C)(C)C. The molecule has 0 aromatic carbocycles. The van der Waals surface area contributed by atoms with Crippen LogP contribution >= 0.6 is 0 Å². The first-order chi connectivity index (χ1) is 7.04. The summed E-state index contributed by atoms with van der Waals surface area (Å²) in [5.41, 5.74) is 0.237. The van der Waals surface area contributed by atoms with Gasteiger partial charge in [0.2, 0.25) is 0 Å². The number of nitrogens with zero attached hydrogens (tertiary/aromatic N) is 3. The lowest BCUT2D eigenvalue weighted by atomic mass is 9.86. The summed E-state index contributed by atoms with van der Waals surface area (Å²) in [5.74, 6) is 0. The van der Waals surface area contributed by atoms with Crippen molar-refractivity contribution in [2.24, 2.45) is 5.41 Å². The third-order valence-corrected chi connectivity index (χ3v) is 2.52. The van der Waals surface area contributed by atoms with E-state index in [4.69, 9.17) is 0 Å². The summed E-state index contributed by atoms with van der Waals surface area (Å²) >= 11 is 0. The van der Waals surface area contributed by atoms with Crippen molar-refractivity contribution < 1.29 is 0 Å². The van der Waals surface area contributed by atoms with Gasteiger partial charge >= 0.3 is 0 Å². The van der Waals surface area contributed by atoms with E-state index in [0.29, 0.717) is 6.04 Å². The fraction of sp³-hybridized carbons (Fsp3) is 0.818. The van der Waals surface area contributed by atoms with Crippen molar-refractivity contribution >= 4 is 0 Å². The van der Waals surface area contributed by atoms with Crippen LogP contribution in [0.15, 0.2) is 12.7 Å². The summed E-state index contributed by atoms with van der Waals surface area (Å²) in [6, 6.07) is 0.430. The van der Waals surface area contributed by atoms with Gasteiger partial charge in [-0.2, -0.15) is 5.10 Å². The second-order valence-corrected chi connectivity index (χ2v) is 4.99. The van der Waals surface area contributed by atoms with Gasteiger partial charge in [-0.1, -0.05) is 27.7 Å². The van der Waals surface area contributed by atoms with Crippen LogP contribution in [0.4, 0.5) is 0 Å². The lowest BCUT2D eigenvalue weighted by Gasteiger charge is -2.31. The summed E-state index contributed by atoms with van der Waals surface area (Å²) in [5, 5.41) is 7.70. The molecule has 4 nitrogen and oxygen atoms in total. The average Bonchev–Trinajstić information content (AvgIpc) is 2.62. The normalized spacial score (nSPS) is 14.1. The second kappa shape index (κ2) is 5.26. The highest BCUT2D eigenvalue weighted by Crippen LogP contribution is 2.20. The van der Waals surface area contributed by atoms with Gasteiger partial charge in [0.15, 0.2) is 0 Å². The molecule has 1 unspecified atom stereocenters. The molecule has 0 saturated heterocycles. The Morgan fingerprint density at radius 2 is 2.13 bits per heavy atom. The summed E-state index contributed by atoms with van der Waals surface area (Å²) in [6.45, 7) is 10.9. The maximum atomic E-state index is 4.14. The number of aromatic nitrogens is 3.